The zero-order valence-electron chi connectivity index (χ0n) is 11.7. The zero-order valence-corrected chi connectivity index (χ0v) is 14.0. The lowest BCUT2D eigenvalue weighted by Gasteiger charge is -2.06. The summed E-state index contributed by atoms with van der Waals surface area (Å²) in [5, 5.41) is 9.12. The van der Waals surface area contributed by atoms with Gasteiger partial charge in [-0.15, -0.1) is 0 Å². The highest BCUT2D eigenvalue weighted by molar-refractivity contribution is 6.49. The fourth-order valence-electron chi connectivity index (χ4n) is 1.83. The molecule has 116 valence electrons. The third-order valence-electron chi connectivity index (χ3n) is 2.93. The Balaban J connectivity index is 2.26. The van der Waals surface area contributed by atoms with Gasteiger partial charge >= 0.3 is 0 Å². The molecule has 2 aromatic carbocycles. The van der Waals surface area contributed by atoms with Crippen molar-refractivity contribution >= 4 is 46.7 Å². The van der Waals surface area contributed by atoms with Gasteiger partial charge in [0.05, 0.1) is 15.1 Å². The summed E-state index contributed by atoms with van der Waals surface area (Å²) in [7, 11) is 0. The van der Waals surface area contributed by atoms with E-state index in [2.05, 4.69) is 0 Å². The molecule has 0 fully saturated rings. The molecule has 0 unspecified atom stereocenters. The molecule has 0 N–H and O–H groups in total. The highest BCUT2D eigenvalue weighted by Crippen LogP contribution is 2.33. The van der Waals surface area contributed by atoms with Crippen LogP contribution in [0, 0.1) is 11.3 Å². The van der Waals surface area contributed by atoms with Gasteiger partial charge in [-0.25, -0.2) is 0 Å². The van der Waals surface area contributed by atoms with E-state index < -0.39 is 0 Å². The van der Waals surface area contributed by atoms with Crippen molar-refractivity contribution < 1.29 is 9.53 Å². The summed E-state index contributed by atoms with van der Waals surface area (Å²) >= 11 is 17.8. The van der Waals surface area contributed by atoms with Crippen LogP contribution in [0.15, 0.2) is 42.5 Å². The Morgan fingerprint density at radius 3 is 2.61 bits per heavy atom. The minimum absolute atomic E-state index is 0.0720. The van der Waals surface area contributed by atoms with Crippen LogP contribution < -0.4 is 4.74 Å². The van der Waals surface area contributed by atoms with Crippen LogP contribution in [0.5, 0.6) is 5.75 Å². The molecule has 0 saturated heterocycles. The summed E-state index contributed by atoms with van der Waals surface area (Å²) in [5.74, 6) is 0.196. The second kappa shape index (κ2) is 8.03. The maximum atomic E-state index is 12.3. The number of ketones is 1. The van der Waals surface area contributed by atoms with E-state index >= 15 is 0 Å². The Bertz CT molecular complexity index is 810. The van der Waals surface area contributed by atoms with Crippen LogP contribution in [-0.2, 0) is 0 Å². The fraction of sp³-hybridized carbons (Fsp3) is 0.0588. The van der Waals surface area contributed by atoms with Crippen molar-refractivity contribution in [1.82, 2.24) is 0 Å². The molecule has 23 heavy (non-hydrogen) atoms. The number of nitrogens with zero attached hydrogens (tertiary/aromatic N) is 1. The zero-order chi connectivity index (χ0) is 16.8. The van der Waals surface area contributed by atoms with Gasteiger partial charge in [-0.1, -0.05) is 53.0 Å². The molecule has 0 spiro atoms. The van der Waals surface area contributed by atoms with Gasteiger partial charge < -0.3 is 4.74 Å². The predicted octanol–water partition coefficient (Wildman–Crippen LogP) is 5.45. The summed E-state index contributed by atoms with van der Waals surface area (Å²) < 4.78 is 5.29. The average Bonchev–Trinajstić information content (AvgIpc) is 2.56. The van der Waals surface area contributed by atoms with Crippen molar-refractivity contribution in [3.8, 4) is 11.8 Å². The van der Waals surface area contributed by atoms with Gasteiger partial charge in [0.2, 0.25) is 0 Å². The molecule has 0 aliphatic rings. The maximum absolute atomic E-state index is 12.3. The minimum atomic E-state index is -0.316. The Labute approximate surface area is 148 Å². The standard InChI is InChI=1S/C17H10Cl3NO2/c18-13-7-6-12(16(19)17(13)20)14(22)8-5-11-3-1-2-4-15(11)23-10-9-21/h1-8H,10H2/b8-5+. The number of rotatable bonds is 5. The van der Waals surface area contributed by atoms with Gasteiger partial charge in [-0.05, 0) is 30.4 Å². The van der Waals surface area contributed by atoms with Crippen molar-refractivity contribution in [3.05, 3.63) is 68.7 Å². The van der Waals surface area contributed by atoms with E-state index in [9.17, 15) is 4.79 Å². The Hall–Kier alpha value is -1.99. The van der Waals surface area contributed by atoms with E-state index in [1.807, 2.05) is 6.07 Å². The number of ether oxygens (including phenoxy) is 1. The first-order valence-corrected chi connectivity index (χ1v) is 7.62. The van der Waals surface area contributed by atoms with Gasteiger partial charge in [0.15, 0.2) is 12.4 Å². The maximum Gasteiger partial charge on any atom is 0.187 e. The molecular formula is C17H10Cl3NO2. The number of carbonyl (C=O) groups excluding carboxylic acids is 1. The van der Waals surface area contributed by atoms with Crippen LogP contribution in [0.3, 0.4) is 0 Å². The lowest BCUT2D eigenvalue weighted by Crippen LogP contribution is -1.97. The quantitative estimate of drug-likeness (QED) is 0.402. The van der Waals surface area contributed by atoms with Crippen molar-refractivity contribution in [1.29, 1.82) is 5.26 Å². The molecular weight excluding hydrogens is 357 g/mol. The van der Waals surface area contributed by atoms with Crippen molar-refractivity contribution in [2.24, 2.45) is 0 Å². The van der Waals surface area contributed by atoms with Crippen LogP contribution in [0.2, 0.25) is 15.1 Å². The minimum Gasteiger partial charge on any atom is -0.478 e. The molecule has 0 bridgehead atoms. The third-order valence-corrected chi connectivity index (χ3v) is 4.22. The van der Waals surface area contributed by atoms with Gasteiger partial charge in [-0.2, -0.15) is 5.26 Å². The first kappa shape index (κ1) is 17.4. The van der Waals surface area contributed by atoms with Crippen LogP contribution in [0.1, 0.15) is 15.9 Å². The molecule has 2 aromatic rings. The number of nitriles is 1. The molecule has 0 heterocycles. The molecule has 3 nitrogen and oxygen atoms in total. The smallest absolute Gasteiger partial charge is 0.187 e. The van der Waals surface area contributed by atoms with E-state index in [-0.39, 0.29) is 33.0 Å². The van der Waals surface area contributed by atoms with Crippen LogP contribution in [0.4, 0.5) is 0 Å². The monoisotopic (exact) mass is 365 g/mol. The van der Waals surface area contributed by atoms with Crippen LogP contribution in [-0.4, -0.2) is 12.4 Å². The predicted molar refractivity (Wildman–Crippen MR) is 92.4 cm³/mol. The molecule has 0 radical (unpaired) electrons. The molecule has 0 aliphatic carbocycles. The van der Waals surface area contributed by atoms with E-state index in [1.54, 1.807) is 30.3 Å². The molecule has 6 heteroatoms. The summed E-state index contributed by atoms with van der Waals surface area (Å²) in [6.07, 6.45) is 2.95. The summed E-state index contributed by atoms with van der Waals surface area (Å²) in [4.78, 5) is 12.3. The van der Waals surface area contributed by atoms with Crippen molar-refractivity contribution in [3.63, 3.8) is 0 Å². The van der Waals surface area contributed by atoms with Gasteiger partial charge in [0, 0.05) is 11.1 Å². The number of allylic oxidation sites excluding steroid dienone is 1. The van der Waals surface area contributed by atoms with Gasteiger partial charge in [0.1, 0.15) is 11.8 Å². The molecule has 2 rings (SSSR count). The number of hydrogen-bond acceptors (Lipinski definition) is 3. The molecule has 0 atom stereocenters. The normalized spacial score (nSPS) is 10.5. The third kappa shape index (κ3) is 4.27. The SMILES string of the molecule is N#CCOc1ccccc1/C=C/C(=O)c1ccc(Cl)c(Cl)c1Cl. The average molecular weight is 367 g/mol. The number of benzene rings is 2. The largest absolute Gasteiger partial charge is 0.478 e. The number of halogens is 3. The highest BCUT2D eigenvalue weighted by Gasteiger charge is 2.13. The first-order chi connectivity index (χ1) is 11.0. The van der Waals surface area contributed by atoms with E-state index in [4.69, 9.17) is 44.8 Å². The molecule has 0 amide bonds. The summed E-state index contributed by atoms with van der Waals surface area (Å²) in [6, 6.07) is 12.0. The lowest BCUT2D eigenvalue weighted by atomic mass is 10.1. The second-order valence-corrected chi connectivity index (χ2v) is 5.57. The topological polar surface area (TPSA) is 50.1 Å². The fourth-order valence-corrected chi connectivity index (χ4v) is 2.46. The van der Waals surface area contributed by atoms with Crippen LogP contribution >= 0.6 is 34.8 Å². The van der Waals surface area contributed by atoms with E-state index in [1.165, 1.54) is 18.2 Å². The van der Waals surface area contributed by atoms with Crippen molar-refractivity contribution in [2.75, 3.05) is 6.61 Å². The van der Waals surface area contributed by atoms with E-state index in [0.29, 0.717) is 11.3 Å². The molecule has 0 saturated carbocycles. The summed E-state index contributed by atoms with van der Waals surface area (Å²) in [5.41, 5.74) is 0.931. The van der Waals surface area contributed by atoms with Gasteiger partial charge in [0.25, 0.3) is 0 Å². The lowest BCUT2D eigenvalue weighted by molar-refractivity contribution is 0.104. The van der Waals surface area contributed by atoms with Crippen molar-refractivity contribution in [2.45, 2.75) is 0 Å². The summed E-state index contributed by atoms with van der Waals surface area (Å²) in [6.45, 7) is -0.0720. The van der Waals surface area contributed by atoms with Crippen LogP contribution in [0.25, 0.3) is 6.08 Å². The second-order valence-electron chi connectivity index (χ2n) is 4.41. The van der Waals surface area contributed by atoms with E-state index in [0.717, 1.165) is 0 Å². The first-order valence-electron chi connectivity index (χ1n) is 6.49. The van der Waals surface area contributed by atoms with Gasteiger partial charge in [-0.3, -0.25) is 4.79 Å². The molecule has 0 aromatic heterocycles. The molecule has 0 aliphatic heterocycles. The number of carbonyl (C=O) groups is 1. The number of para-hydroxylation sites is 1. The Morgan fingerprint density at radius 1 is 1.13 bits per heavy atom. The highest BCUT2D eigenvalue weighted by atomic mass is 35.5. The number of hydrogen-bond donors (Lipinski definition) is 0. The Morgan fingerprint density at radius 2 is 1.87 bits per heavy atom. The Kier molecular flexibility index (Phi) is 6.06.